The molecule has 4 aromatic rings. The van der Waals surface area contributed by atoms with Crippen molar-refractivity contribution in [2.75, 3.05) is 19.0 Å². The van der Waals surface area contributed by atoms with Gasteiger partial charge in [-0.3, -0.25) is 4.79 Å². The Labute approximate surface area is 173 Å². The quantitative estimate of drug-likeness (QED) is 0.539. The van der Waals surface area contributed by atoms with Crippen LogP contribution in [0, 0.1) is 20.8 Å². The number of aryl methyl sites for hydroxylation is 3. The van der Waals surface area contributed by atoms with Gasteiger partial charge in [0.15, 0.2) is 0 Å². The van der Waals surface area contributed by atoms with E-state index in [9.17, 15) is 4.79 Å². The van der Waals surface area contributed by atoms with Crippen LogP contribution in [-0.2, 0) is 6.54 Å². The number of carbonyl (C=O) groups excluding carboxylic acids is 1. The molecule has 0 fully saturated rings. The highest BCUT2D eigenvalue weighted by Crippen LogP contribution is 2.30. The van der Waals surface area contributed by atoms with E-state index in [0.29, 0.717) is 34.6 Å². The van der Waals surface area contributed by atoms with Crippen LogP contribution >= 0.6 is 0 Å². The molecule has 0 saturated carbocycles. The summed E-state index contributed by atoms with van der Waals surface area (Å²) in [6, 6.07) is 7.48. The molecule has 30 heavy (non-hydrogen) atoms. The third-order valence-corrected chi connectivity index (χ3v) is 4.90. The van der Waals surface area contributed by atoms with E-state index < -0.39 is 0 Å². The molecule has 0 saturated heterocycles. The molecule has 0 spiro atoms. The van der Waals surface area contributed by atoms with E-state index in [2.05, 4.69) is 20.4 Å². The fourth-order valence-electron chi connectivity index (χ4n) is 3.39. The summed E-state index contributed by atoms with van der Waals surface area (Å²) in [6.07, 6.45) is 1.73. The summed E-state index contributed by atoms with van der Waals surface area (Å²) in [4.78, 5) is 23.9. The van der Waals surface area contributed by atoms with Crippen molar-refractivity contribution in [2.24, 2.45) is 0 Å². The molecule has 1 N–H and O–H groups in total. The molecule has 4 heterocycles. The van der Waals surface area contributed by atoms with Gasteiger partial charge in [0.2, 0.25) is 0 Å². The Morgan fingerprint density at radius 3 is 2.67 bits per heavy atom. The highest BCUT2D eigenvalue weighted by Gasteiger charge is 2.21. The predicted molar refractivity (Wildman–Crippen MR) is 113 cm³/mol. The number of carbonyl (C=O) groups is 1. The van der Waals surface area contributed by atoms with Crippen LogP contribution < -0.4 is 10.2 Å². The highest BCUT2D eigenvalue weighted by atomic mass is 16.5. The first-order valence-corrected chi connectivity index (χ1v) is 9.58. The monoisotopic (exact) mass is 405 g/mol. The summed E-state index contributed by atoms with van der Waals surface area (Å²) < 4.78 is 11.0. The molecule has 0 radical (unpaired) electrons. The second-order valence-electron chi connectivity index (χ2n) is 7.43. The number of nitrogens with one attached hydrogen (secondary N) is 1. The van der Waals surface area contributed by atoms with E-state index >= 15 is 0 Å². The lowest BCUT2D eigenvalue weighted by Crippen LogP contribution is -2.23. The van der Waals surface area contributed by atoms with Crippen LogP contribution in [0.1, 0.15) is 33.1 Å². The Hall–Kier alpha value is -3.68. The molecule has 0 aliphatic carbocycles. The Balaban J connectivity index is 1.68. The molecule has 4 aromatic heterocycles. The molecule has 0 unspecified atom stereocenters. The molecular formula is C22H23N5O3. The Morgan fingerprint density at radius 1 is 1.17 bits per heavy atom. The summed E-state index contributed by atoms with van der Waals surface area (Å²) in [5.74, 6) is 2.11. The molecule has 0 aliphatic rings. The Kier molecular flexibility index (Phi) is 4.99. The van der Waals surface area contributed by atoms with Gasteiger partial charge in [-0.25, -0.2) is 9.97 Å². The van der Waals surface area contributed by atoms with Crippen molar-refractivity contribution < 1.29 is 13.7 Å². The lowest BCUT2D eigenvalue weighted by atomic mass is 10.1. The summed E-state index contributed by atoms with van der Waals surface area (Å²) in [5, 5.41) is 7.59. The Bertz CT molecular complexity index is 1240. The van der Waals surface area contributed by atoms with Crippen LogP contribution in [0.25, 0.3) is 22.4 Å². The molecule has 0 aromatic carbocycles. The van der Waals surface area contributed by atoms with Gasteiger partial charge in [-0.05, 0) is 50.6 Å². The molecule has 4 rings (SSSR count). The molecule has 154 valence electrons. The number of hydrogen-bond acceptors (Lipinski definition) is 7. The lowest BCUT2D eigenvalue weighted by molar-refractivity contribution is 0.0952. The molecule has 0 aliphatic heterocycles. The number of anilines is 1. The summed E-state index contributed by atoms with van der Waals surface area (Å²) in [7, 11) is 3.85. The van der Waals surface area contributed by atoms with Crippen molar-refractivity contribution in [3.8, 4) is 11.3 Å². The summed E-state index contributed by atoms with van der Waals surface area (Å²) >= 11 is 0. The maximum absolute atomic E-state index is 13.1. The topological polar surface area (TPSA) is 97.3 Å². The zero-order chi connectivity index (χ0) is 21.4. The number of rotatable bonds is 5. The normalized spacial score (nSPS) is 11.1. The zero-order valence-electron chi connectivity index (χ0n) is 17.6. The van der Waals surface area contributed by atoms with Gasteiger partial charge in [0, 0.05) is 32.4 Å². The standard InChI is InChI=1S/C22H23N5O3/c1-12-8-16(14(3)29-12)18-10-17(20-13(2)26-30-22(20)25-18)21(28)24-11-15-6-7-23-19(9-15)27(4)5/h6-10H,11H2,1-5H3,(H,24,28). The third-order valence-electron chi connectivity index (χ3n) is 4.90. The maximum Gasteiger partial charge on any atom is 0.259 e. The second kappa shape index (κ2) is 7.62. The maximum atomic E-state index is 13.1. The van der Waals surface area contributed by atoms with Crippen LogP contribution in [-0.4, -0.2) is 35.1 Å². The number of fused-ring (bicyclic) bond motifs is 1. The number of nitrogens with zero attached hydrogens (tertiary/aromatic N) is 4. The smallest absolute Gasteiger partial charge is 0.259 e. The van der Waals surface area contributed by atoms with E-state index in [1.807, 2.05) is 51.0 Å². The van der Waals surface area contributed by atoms with Crippen LogP contribution in [0.5, 0.6) is 0 Å². The third kappa shape index (κ3) is 3.63. The first kappa shape index (κ1) is 19.6. The van der Waals surface area contributed by atoms with Crippen LogP contribution in [0.4, 0.5) is 5.82 Å². The first-order valence-electron chi connectivity index (χ1n) is 9.58. The van der Waals surface area contributed by atoms with Crippen molar-refractivity contribution in [3.05, 3.63) is 58.8 Å². The summed E-state index contributed by atoms with van der Waals surface area (Å²) in [6.45, 7) is 5.91. The molecule has 0 bridgehead atoms. The minimum absolute atomic E-state index is 0.226. The molecule has 8 nitrogen and oxygen atoms in total. The van der Waals surface area contributed by atoms with Crippen LogP contribution in [0.3, 0.4) is 0 Å². The van der Waals surface area contributed by atoms with Crippen molar-refractivity contribution in [1.82, 2.24) is 20.4 Å². The van der Waals surface area contributed by atoms with Gasteiger partial charge in [-0.2, -0.15) is 0 Å². The van der Waals surface area contributed by atoms with E-state index in [4.69, 9.17) is 8.94 Å². The van der Waals surface area contributed by atoms with Gasteiger partial charge < -0.3 is 19.2 Å². The molecular weight excluding hydrogens is 382 g/mol. The SMILES string of the molecule is Cc1cc(-c2cc(C(=O)NCc3ccnc(N(C)C)c3)c3c(C)noc3n2)c(C)o1. The van der Waals surface area contributed by atoms with Gasteiger partial charge >= 0.3 is 0 Å². The van der Waals surface area contributed by atoms with Crippen molar-refractivity contribution in [3.63, 3.8) is 0 Å². The highest BCUT2D eigenvalue weighted by molar-refractivity contribution is 6.07. The van der Waals surface area contributed by atoms with E-state index in [1.54, 1.807) is 19.2 Å². The second-order valence-corrected chi connectivity index (χ2v) is 7.43. The van der Waals surface area contributed by atoms with Crippen molar-refractivity contribution in [1.29, 1.82) is 0 Å². The number of aromatic nitrogens is 3. The van der Waals surface area contributed by atoms with Gasteiger partial charge in [-0.15, -0.1) is 0 Å². The zero-order valence-corrected chi connectivity index (χ0v) is 17.6. The number of pyridine rings is 2. The van der Waals surface area contributed by atoms with Gasteiger partial charge in [0.1, 0.15) is 17.3 Å². The van der Waals surface area contributed by atoms with Crippen LogP contribution in [0.15, 0.2) is 39.4 Å². The fraction of sp³-hybridized carbons (Fsp3) is 0.273. The van der Waals surface area contributed by atoms with Crippen molar-refractivity contribution in [2.45, 2.75) is 27.3 Å². The summed E-state index contributed by atoms with van der Waals surface area (Å²) in [5.41, 5.74) is 3.80. The van der Waals surface area contributed by atoms with Gasteiger partial charge in [0.05, 0.1) is 22.3 Å². The molecule has 1 amide bonds. The van der Waals surface area contributed by atoms with E-state index in [-0.39, 0.29) is 5.91 Å². The minimum Gasteiger partial charge on any atom is -0.466 e. The number of furan rings is 1. The molecule has 8 heteroatoms. The van der Waals surface area contributed by atoms with E-state index in [1.165, 1.54) is 0 Å². The van der Waals surface area contributed by atoms with Crippen molar-refractivity contribution >= 4 is 22.8 Å². The van der Waals surface area contributed by atoms with Crippen LogP contribution in [0.2, 0.25) is 0 Å². The average Bonchev–Trinajstić information content (AvgIpc) is 3.27. The predicted octanol–water partition coefficient (Wildman–Crippen LogP) is 3.80. The average molecular weight is 405 g/mol. The molecule has 0 atom stereocenters. The Morgan fingerprint density at radius 2 is 1.97 bits per heavy atom. The van der Waals surface area contributed by atoms with E-state index in [0.717, 1.165) is 28.5 Å². The first-order chi connectivity index (χ1) is 14.3. The largest absolute Gasteiger partial charge is 0.466 e. The lowest BCUT2D eigenvalue weighted by Gasteiger charge is -2.13. The van der Waals surface area contributed by atoms with Gasteiger partial charge in [-0.1, -0.05) is 5.16 Å². The van der Waals surface area contributed by atoms with Gasteiger partial charge in [0.25, 0.3) is 11.6 Å². The fourth-order valence-corrected chi connectivity index (χ4v) is 3.39. The number of amides is 1. The number of hydrogen-bond donors (Lipinski definition) is 1. The minimum atomic E-state index is -0.226.